The number of rotatable bonds is 3. The molecule has 4 rings (SSSR count). The van der Waals surface area contributed by atoms with Crippen LogP contribution in [0.3, 0.4) is 0 Å². The van der Waals surface area contributed by atoms with Crippen molar-refractivity contribution in [1.29, 1.82) is 0 Å². The third-order valence-corrected chi connectivity index (χ3v) is 8.89. The summed E-state index contributed by atoms with van der Waals surface area (Å²) in [5.41, 5.74) is 0. The van der Waals surface area contributed by atoms with E-state index in [0.29, 0.717) is 10.8 Å². The van der Waals surface area contributed by atoms with E-state index in [0.717, 1.165) is 0 Å². The van der Waals surface area contributed by atoms with Gasteiger partial charge in [-0.3, -0.25) is 0 Å². The second-order valence-corrected chi connectivity index (χ2v) is 13.6. The Morgan fingerprint density at radius 3 is 1.45 bits per heavy atom. The summed E-state index contributed by atoms with van der Waals surface area (Å²) in [6.45, 7) is 0. The number of halogens is 3. The predicted molar refractivity (Wildman–Crippen MR) is 111 cm³/mol. The average molecular weight is 514 g/mol. The van der Waals surface area contributed by atoms with E-state index >= 15 is 0 Å². The van der Waals surface area contributed by atoms with Gasteiger partial charge in [0.05, 0.1) is 0 Å². The van der Waals surface area contributed by atoms with Gasteiger partial charge in [0.2, 0.25) is 0 Å². The van der Waals surface area contributed by atoms with Gasteiger partial charge >= 0.3 is 0 Å². The van der Waals surface area contributed by atoms with Crippen LogP contribution in [0.15, 0.2) is 51.1 Å². The van der Waals surface area contributed by atoms with Crippen molar-refractivity contribution in [2.45, 2.75) is 14.7 Å². The zero-order chi connectivity index (χ0) is 21.5. The van der Waals surface area contributed by atoms with Crippen molar-refractivity contribution in [3.8, 4) is 5.75 Å². The van der Waals surface area contributed by atoms with Gasteiger partial charge in [-0.05, 0) is 17.5 Å². The predicted octanol–water partition coefficient (Wildman–Crippen LogP) is 4.07. The van der Waals surface area contributed by atoms with Crippen LogP contribution in [-0.2, 0) is 27.2 Å². The molecule has 0 amide bonds. The summed E-state index contributed by atoms with van der Waals surface area (Å²) in [7, 11) is 1.89. The molecule has 0 aliphatic heterocycles. The monoisotopic (exact) mass is 512 g/mol. The first-order chi connectivity index (χ1) is 13.2. The summed E-state index contributed by atoms with van der Waals surface area (Å²) in [5, 5.41) is 11.0. The van der Waals surface area contributed by atoms with Crippen LogP contribution in [0.1, 0.15) is 0 Å². The fourth-order valence-corrected chi connectivity index (χ4v) is 9.09. The Labute approximate surface area is 178 Å². The van der Waals surface area contributed by atoms with Gasteiger partial charge in [-0.25, -0.2) is 25.3 Å². The normalized spacial score (nSPS) is 13.6. The summed E-state index contributed by atoms with van der Waals surface area (Å²) in [6, 6.07) is 8.29. The molecule has 0 saturated carbocycles. The number of aromatic hydroxyl groups is 1. The fraction of sp³-hybridized carbons (Fsp3) is 0. The van der Waals surface area contributed by atoms with E-state index in [-0.39, 0.29) is 27.3 Å². The van der Waals surface area contributed by atoms with E-state index in [4.69, 9.17) is 32.0 Å². The molecule has 0 aliphatic carbocycles. The van der Waals surface area contributed by atoms with Gasteiger partial charge < -0.3 is 5.11 Å². The number of phenolic OH excluding ortho intramolecular Hbond substituents is 1. The van der Waals surface area contributed by atoms with Crippen molar-refractivity contribution in [3.05, 3.63) is 36.4 Å². The number of hydrogen-bond donors (Lipinski definition) is 1. The molecule has 7 nitrogen and oxygen atoms in total. The topological polar surface area (TPSA) is 123 Å². The molecule has 0 bridgehead atoms. The minimum absolute atomic E-state index is 0.0541. The Kier molecular flexibility index (Phi) is 4.44. The fourth-order valence-electron chi connectivity index (χ4n) is 3.56. The average Bonchev–Trinajstić information content (AvgIpc) is 2.57. The maximum atomic E-state index is 12.3. The van der Waals surface area contributed by atoms with Crippen molar-refractivity contribution in [3.63, 3.8) is 0 Å². The molecule has 0 unspecified atom stereocenters. The van der Waals surface area contributed by atoms with E-state index in [1.54, 1.807) is 0 Å². The highest BCUT2D eigenvalue weighted by Crippen LogP contribution is 2.47. The zero-order valence-corrected chi connectivity index (χ0v) is 18.4. The van der Waals surface area contributed by atoms with Crippen molar-refractivity contribution < 1.29 is 30.4 Å². The maximum absolute atomic E-state index is 12.3. The molecule has 0 heterocycles. The van der Waals surface area contributed by atoms with E-state index in [1.165, 1.54) is 36.4 Å². The largest absolute Gasteiger partial charge is 0.507 e. The Balaban J connectivity index is 2.57. The lowest BCUT2D eigenvalue weighted by Crippen LogP contribution is -2.10. The molecule has 0 radical (unpaired) electrons. The molecule has 152 valence electrons. The van der Waals surface area contributed by atoms with Crippen LogP contribution in [-0.4, -0.2) is 30.4 Å². The van der Waals surface area contributed by atoms with E-state index in [1.807, 2.05) is 0 Å². The van der Waals surface area contributed by atoms with Gasteiger partial charge in [0.25, 0.3) is 27.2 Å². The molecule has 0 spiro atoms. The van der Waals surface area contributed by atoms with Crippen LogP contribution in [0.25, 0.3) is 32.3 Å². The van der Waals surface area contributed by atoms with Gasteiger partial charge in [-0.15, -0.1) is 0 Å². The van der Waals surface area contributed by atoms with E-state index in [2.05, 4.69) is 0 Å². The SMILES string of the molecule is O=S(=O)(Cl)c1c(S(=O)(=O)Cl)c2ccc3ccc(O)c4ccc(c1S(=O)(=O)Cl)c2c34. The number of hydrogen-bond acceptors (Lipinski definition) is 7. The summed E-state index contributed by atoms with van der Waals surface area (Å²) in [5.74, 6) is -0.147. The van der Waals surface area contributed by atoms with Crippen molar-refractivity contribution in [1.82, 2.24) is 0 Å². The molecule has 4 aromatic rings. The lowest BCUT2D eigenvalue weighted by Gasteiger charge is -2.18. The summed E-state index contributed by atoms with van der Waals surface area (Å²) in [4.78, 5) is -3.23. The van der Waals surface area contributed by atoms with E-state index in [9.17, 15) is 30.4 Å². The first-order valence-corrected chi connectivity index (χ1v) is 14.5. The summed E-state index contributed by atoms with van der Waals surface area (Å²) >= 11 is 0. The molecule has 29 heavy (non-hydrogen) atoms. The molecule has 0 saturated heterocycles. The molecule has 0 fully saturated rings. The Morgan fingerprint density at radius 1 is 0.552 bits per heavy atom. The van der Waals surface area contributed by atoms with Crippen LogP contribution < -0.4 is 0 Å². The smallest absolute Gasteiger partial charge is 0.264 e. The second-order valence-electron chi connectivity index (χ2n) is 6.13. The minimum Gasteiger partial charge on any atom is -0.507 e. The second kappa shape index (κ2) is 6.22. The lowest BCUT2D eigenvalue weighted by molar-refractivity contribution is 0.482. The van der Waals surface area contributed by atoms with E-state index < -0.39 is 41.8 Å². The Hall–Kier alpha value is -1.56. The summed E-state index contributed by atoms with van der Waals surface area (Å²) in [6.07, 6.45) is 0. The number of phenols is 1. The van der Waals surface area contributed by atoms with Crippen LogP contribution in [0.5, 0.6) is 5.75 Å². The van der Waals surface area contributed by atoms with Crippen LogP contribution in [0.2, 0.25) is 0 Å². The van der Waals surface area contributed by atoms with Gasteiger partial charge in [0, 0.05) is 59.0 Å². The van der Waals surface area contributed by atoms with Crippen LogP contribution >= 0.6 is 32.0 Å². The zero-order valence-electron chi connectivity index (χ0n) is 13.7. The molecule has 4 aromatic carbocycles. The quantitative estimate of drug-likeness (QED) is 0.323. The third-order valence-electron chi connectivity index (χ3n) is 4.52. The molecular formula is C16H7Cl3O7S3. The molecule has 0 aromatic heterocycles. The van der Waals surface area contributed by atoms with Crippen molar-refractivity contribution in [2.24, 2.45) is 0 Å². The molecule has 1 N–H and O–H groups in total. The first kappa shape index (κ1) is 20.7. The Bertz CT molecular complexity index is 1620. The van der Waals surface area contributed by atoms with Crippen LogP contribution in [0, 0.1) is 0 Å². The van der Waals surface area contributed by atoms with Gasteiger partial charge in [-0.1, -0.05) is 24.3 Å². The Morgan fingerprint density at radius 2 is 0.966 bits per heavy atom. The molecule has 13 heteroatoms. The highest BCUT2D eigenvalue weighted by atomic mass is 35.7. The summed E-state index contributed by atoms with van der Waals surface area (Å²) < 4.78 is 73.9. The molecular weight excluding hydrogens is 507 g/mol. The highest BCUT2D eigenvalue weighted by molar-refractivity contribution is 8.17. The highest BCUT2D eigenvalue weighted by Gasteiger charge is 2.37. The molecule has 0 atom stereocenters. The molecule has 0 aliphatic rings. The van der Waals surface area contributed by atoms with Gasteiger partial charge in [0.15, 0.2) is 0 Å². The van der Waals surface area contributed by atoms with Crippen LogP contribution in [0.4, 0.5) is 0 Å². The maximum Gasteiger partial charge on any atom is 0.264 e. The van der Waals surface area contributed by atoms with Gasteiger partial charge in [0.1, 0.15) is 20.4 Å². The third kappa shape index (κ3) is 3.09. The van der Waals surface area contributed by atoms with Crippen molar-refractivity contribution >= 4 is 91.5 Å². The number of benzene rings is 4. The first-order valence-electron chi connectivity index (χ1n) is 7.53. The van der Waals surface area contributed by atoms with Gasteiger partial charge in [-0.2, -0.15) is 0 Å². The minimum atomic E-state index is -4.93. The lowest BCUT2D eigenvalue weighted by atomic mass is 9.94. The van der Waals surface area contributed by atoms with Crippen molar-refractivity contribution in [2.75, 3.05) is 0 Å². The standard InChI is InChI=1S/C16H7Cl3O7S3/c17-27(21,22)14-9-3-1-7-2-6-11(20)8-4-5-10(13(9)12(7)8)15(28(18,23)24)16(14)29(19,25)26/h1-6,20H.